The van der Waals surface area contributed by atoms with Crippen molar-refractivity contribution < 1.29 is 4.79 Å². The molecule has 27 heavy (non-hydrogen) atoms. The van der Waals surface area contributed by atoms with Crippen LogP contribution in [0.3, 0.4) is 0 Å². The van der Waals surface area contributed by atoms with Crippen LogP contribution in [0.5, 0.6) is 0 Å². The van der Waals surface area contributed by atoms with Gasteiger partial charge in [-0.2, -0.15) is 0 Å². The van der Waals surface area contributed by atoms with E-state index in [0.717, 1.165) is 46.9 Å². The number of para-hydroxylation sites is 1. The zero-order valence-electron chi connectivity index (χ0n) is 15.3. The predicted molar refractivity (Wildman–Crippen MR) is 107 cm³/mol. The molecule has 1 aromatic carbocycles. The lowest BCUT2D eigenvalue weighted by Crippen LogP contribution is -2.52. The number of hydrogen-bond donors (Lipinski definition) is 1. The first-order valence-electron chi connectivity index (χ1n) is 9.09. The molecule has 0 aliphatic carbocycles. The molecule has 4 rings (SSSR count). The fourth-order valence-corrected chi connectivity index (χ4v) is 4.05. The van der Waals surface area contributed by atoms with Crippen LogP contribution in [0.4, 0.5) is 10.6 Å². The largest absolute Gasteiger partial charge is 0.352 e. The number of hydrogen-bond acceptors (Lipinski definition) is 6. The first kappa shape index (κ1) is 17.7. The number of aryl methyl sites for hydroxylation is 1. The maximum atomic E-state index is 12.4. The van der Waals surface area contributed by atoms with E-state index >= 15 is 0 Å². The van der Waals surface area contributed by atoms with E-state index in [0.29, 0.717) is 19.6 Å². The summed E-state index contributed by atoms with van der Waals surface area (Å²) in [6.45, 7) is 5.49. The Bertz CT molecular complexity index is 929. The highest BCUT2D eigenvalue weighted by molar-refractivity contribution is 7.09. The molecule has 0 bridgehead atoms. The number of anilines is 1. The van der Waals surface area contributed by atoms with Gasteiger partial charge in [0.2, 0.25) is 0 Å². The Kier molecular flexibility index (Phi) is 5.15. The topological polar surface area (TPSA) is 74.2 Å². The van der Waals surface area contributed by atoms with Crippen LogP contribution >= 0.6 is 11.3 Å². The number of carbonyl (C=O) groups excluding carboxylic acids is 1. The Balaban J connectivity index is 1.31. The van der Waals surface area contributed by atoms with Gasteiger partial charge in [-0.25, -0.2) is 19.7 Å². The minimum atomic E-state index is -0.00419. The quantitative estimate of drug-likeness (QED) is 0.750. The number of thiazole rings is 1. The van der Waals surface area contributed by atoms with Crippen LogP contribution in [-0.4, -0.2) is 58.6 Å². The maximum Gasteiger partial charge on any atom is 0.317 e. The molecule has 1 fully saturated rings. The van der Waals surface area contributed by atoms with Gasteiger partial charge in [0.1, 0.15) is 12.1 Å². The van der Waals surface area contributed by atoms with Crippen LogP contribution in [0.2, 0.25) is 0 Å². The van der Waals surface area contributed by atoms with Gasteiger partial charge < -0.3 is 15.1 Å². The molecule has 1 aliphatic rings. The van der Waals surface area contributed by atoms with Crippen LogP contribution < -0.4 is 10.2 Å². The van der Waals surface area contributed by atoms with Crippen molar-refractivity contribution in [1.29, 1.82) is 0 Å². The maximum absolute atomic E-state index is 12.4. The number of amides is 2. The van der Waals surface area contributed by atoms with Gasteiger partial charge in [-0.1, -0.05) is 12.1 Å². The summed E-state index contributed by atoms with van der Waals surface area (Å²) < 4.78 is 0. The molecule has 2 amide bonds. The van der Waals surface area contributed by atoms with Gasteiger partial charge in [-0.3, -0.25) is 0 Å². The van der Waals surface area contributed by atoms with Crippen molar-refractivity contribution in [2.24, 2.45) is 0 Å². The lowest BCUT2D eigenvalue weighted by atomic mass is 10.2. The second-order valence-electron chi connectivity index (χ2n) is 6.55. The number of benzene rings is 1. The number of fused-ring (bicyclic) bond motifs is 1. The molecule has 0 spiro atoms. The molecular formula is C19H22N6OS. The van der Waals surface area contributed by atoms with E-state index in [1.54, 1.807) is 17.7 Å². The number of aromatic nitrogens is 3. The molecule has 1 saturated heterocycles. The van der Waals surface area contributed by atoms with Gasteiger partial charge in [-0.15, -0.1) is 11.3 Å². The number of nitrogens with zero attached hydrogens (tertiary/aromatic N) is 5. The van der Waals surface area contributed by atoms with E-state index in [-0.39, 0.29) is 6.03 Å². The number of piperazine rings is 1. The molecule has 1 N–H and O–H groups in total. The summed E-state index contributed by atoms with van der Waals surface area (Å²) >= 11 is 1.64. The highest BCUT2D eigenvalue weighted by Crippen LogP contribution is 2.23. The number of rotatable bonds is 4. The minimum absolute atomic E-state index is 0.00419. The molecule has 0 atom stereocenters. The predicted octanol–water partition coefficient (Wildman–Crippen LogP) is 2.47. The second-order valence-corrected chi connectivity index (χ2v) is 7.50. The molecule has 2 aromatic heterocycles. The zero-order valence-corrected chi connectivity index (χ0v) is 16.1. The van der Waals surface area contributed by atoms with Gasteiger partial charge >= 0.3 is 6.03 Å². The molecule has 0 unspecified atom stereocenters. The Labute approximate surface area is 162 Å². The van der Waals surface area contributed by atoms with Gasteiger partial charge in [0, 0.05) is 55.6 Å². The Morgan fingerprint density at radius 1 is 1.19 bits per heavy atom. The van der Waals surface area contributed by atoms with Gasteiger partial charge in [0.15, 0.2) is 0 Å². The molecule has 7 nitrogen and oxygen atoms in total. The van der Waals surface area contributed by atoms with Crippen molar-refractivity contribution in [1.82, 2.24) is 25.2 Å². The summed E-state index contributed by atoms with van der Waals surface area (Å²) in [5, 5.41) is 7.15. The van der Waals surface area contributed by atoms with Crippen LogP contribution in [0.15, 0.2) is 36.0 Å². The van der Waals surface area contributed by atoms with Gasteiger partial charge in [0.25, 0.3) is 0 Å². The summed E-state index contributed by atoms with van der Waals surface area (Å²) in [5.74, 6) is 0.944. The third kappa shape index (κ3) is 4.00. The van der Waals surface area contributed by atoms with Crippen molar-refractivity contribution in [2.75, 3.05) is 37.6 Å². The van der Waals surface area contributed by atoms with Crippen LogP contribution in [-0.2, 0) is 6.42 Å². The fraction of sp³-hybridized carbons (Fsp3) is 0.368. The molecular weight excluding hydrogens is 360 g/mol. The monoisotopic (exact) mass is 382 g/mol. The molecule has 0 saturated carbocycles. The zero-order chi connectivity index (χ0) is 18.6. The van der Waals surface area contributed by atoms with Gasteiger partial charge in [0.05, 0.1) is 10.5 Å². The number of carbonyl (C=O) groups is 1. The Morgan fingerprint density at radius 2 is 2.00 bits per heavy atom. The van der Waals surface area contributed by atoms with E-state index in [2.05, 4.69) is 25.2 Å². The van der Waals surface area contributed by atoms with Crippen molar-refractivity contribution >= 4 is 34.1 Å². The lowest BCUT2D eigenvalue weighted by Gasteiger charge is -2.35. The van der Waals surface area contributed by atoms with E-state index in [1.165, 1.54) is 0 Å². The smallest absolute Gasteiger partial charge is 0.317 e. The SMILES string of the molecule is Cc1csc(CCNC(=O)N2CCN(c3ncnc4ccccc34)CC2)n1. The van der Waals surface area contributed by atoms with E-state index in [9.17, 15) is 4.79 Å². The summed E-state index contributed by atoms with van der Waals surface area (Å²) in [4.78, 5) is 29.7. The average Bonchev–Trinajstić information content (AvgIpc) is 3.12. The fourth-order valence-electron chi connectivity index (χ4n) is 3.27. The van der Waals surface area contributed by atoms with E-state index in [1.807, 2.05) is 41.5 Å². The standard InChI is InChI=1S/C19H22N6OS/c1-14-12-27-17(23-14)6-7-20-19(26)25-10-8-24(9-11-25)18-15-4-2-3-5-16(15)21-13-22-18/h2-5,12-13H,6-11H2,1H3,(H,20,26). The van der Waals surface area contributed by atoms with Crippen LogP contribution in [0.25, 0.3) is 10.9 Å². The minimum Gasteiger partial charge on any atom is -0.352 e. The van der Waals surface area contributed by atoms with Crippen LogP contribution in [0, 0.1) is 6.92 Å². The van der Waals surface area contributed by atoms with Crippen molar-refractivity contribution in [2.45, 2.75) is 13.3 Å². The Morgan fingerprint density at radius 3 is 2.78 bits per heavy atom. The lowest BCUT2D eigenvalue weighted by molar-refractivity contribution is 0.194. The van der Waals surface area contributed by atoms with Crippen molar-refractivity contribution in [3.8, 4) is 0 Å². The molecule has 1 aliphatic heterocycles. The van der Waals surface area contributed by atoms with E-state index < -0.39 is 0 Å². The van der Waals surface area contributed by atoms with Gasteiger partial charge in [-0.05, 0) is 19.1 Å². The number of urea groups is 1. The first-order valence-corrected chi connectivity index (χ1v) is 9.97. The third-order valence-electron chi connectivity index (χ3n) is 4.67. The molecule has 0 radical (unpaired) electrons. The third-order valence-corrected chi connectivity index (χ3v) is 5.70. The second kappa shape index (κ2) is 7.87. The molecule has 3 aromatic rings. The highest BCUT2D eigenvalue weighted by atomic mass is 32.1. The summed E-state index contributed by atoms with van der Waals surface area (Å²) in [6, 6.07) is 8.02. The number of nitrogens with one attached hydrogen (secondary N) is 1. The summed E-state index contributed by atoms with van der Waals surface area (Å²) in [6.07, 6.45) is 2.38. The molecule has 140 valence electrons. The van der Waals surface area contributed by atoms with E-state index in [4.69, 9.17) is 0 Å². The van der Waals surface area contributed by atoms with Crippen LogP contribution in [0.1, 0.15) is 10.7 Å². The molecule has 3 heterocycles. The normalized spacial score (nSPS) is 14.6. The summed E-state index contributed by atoms with van der Waals surface area (Å²) in [7, 11) is 0. The Hall–Kier alpha value is -2.74. The summed E-state index contributed by atoms with van der Waals surface area (Å²) in [5.41, 5.74) is 1.98. The average molecular weight is 382 g/mol. The van der Waals surface area contributed by atoms with Crippen molar-refractivity contribution in [3.05, 3.63) is 46.7 Å². The highest BCUT2D eigenvalue weighted by Gasteiger charge is 2.22. The van der Waals surface area contributed by atoms with Crippen molar-refractivity contribution in [3.63, 3.8) is 0 Å². The molecule has 8 heteroatoms. The first-order chi connectivity index (χ1) is 13.2.